The summed E-state index contributed by atoms with van der Waals surface area (Å²) in [6, 6.07) is 9.77. The molecule has 0 spiro atoms. The van der Waals surface area contributed by atoms with E-state index in [-0.39, 0.29) is 23.0 Å². The molecule has 0 bridgehead atoms. The summed E-state index contributed by atoms with van der Waals surface area (Å²) >= 11 is 1.10. The Morgan fingerprint density at radius 1 is 1.17 bits per heavy atom. The zero-order chi connectivity index (χ0) is 21.7. The van der Waals surface area contributed by atoms with Gasteiger partial charge in [-0.2, -0.15) is 0 Å². The van der Waals surface area contributed by atoms with Crippen LogP contribution in [0.25, 0.3) is 0 Å². The average molecular weight is 452 g/mol. The molecule has 1 aliphatic heterocycles. The van der Waals surface area contributed by atoms with Crippen LogP contribution in [0.4, 0.5) is 5.69 Å². The number of ether oxygens (including phenoxy) is 1. The molecule has 1 unspecified atom stereocenters. The van der Waals surface area contributed by atoms with Gasteiger partial charge in [0.1, 0.15) is 11.1 Å². The predicted octanol–water partition coefficient (Wildman–Crippen LogP) is 4.29. The van der Waals surface area contributed by atoms with Crippen molar-refractivity contribution in [1.82, 2.24) is 0 Å². The second kappa shape index (κ2) is 9.72. The van der Waals surface area contributed by atoms with Crippen molar-refractivity contribution in [2.75, 3.05) is 10.1 Å². The first-order valence-corrected chi connectivity index (χ1v) is 12.3. The van der Waals surface area contributed by atoms with Crippen molar-refractivity contribution < 1.29 is 27.9 Å². The molecule has 1 aromatic heterocycles. The number of carboxylic acids is 1. The number of ketones is 1. The Balaban J connectivity index is 1.69. The standard InChI is InChI=1S/C21H25NO6S2/c1-2-3-4-5-18(23)15-6-8-16(9-7-15)22-20(12-13-30(22,26)27)28-14-17-10-11-19(29-17)21(24)25/h6-11,20H,2-5,12-14H2,1H3,(H,24,25). The molecule has 0 aliphatic carbocycles. The molecule has 162 valence electrons. The van der Waals surface area contributed by atoms with Crippen molar-refractivity contribution in [2.45, 2.75) is 51.9 Å². The van der Waals surface area contributed by atoms with E-state index < -0.39 is 22.2 Å². The van der Waals surface area contributed by atoms with Gasteiger partial charge in [-0.3, -0.25) is 4.79 Å². The lowest BCUT2D eigenvalue weighted by Crippen LogP contribution is -2.34. The number of Topliss-reactive ketones (excluding diaryl/α,β-unsaturated/α-hetero) is 1. The van der Waals surface area contributed by atoms with Gasteiger partial charge in [0.15, 0.2) is 5.78 Å². The fourth-order valence-corrected chi connectivity index (χ4v) is 5.78. The van der Waals surface area contributed by atoms with E-state index >= 15 is 0 Å². The van der Waals surface area contributed by atoms with Gasteiger partial charge in [-0.25, -0.2) is 17.5 Å². The molecule has 0 saturated carbocycles. The third kappa shape index (κ3) is 5.27. The quantitative estimate of drug-likeness (QED) is 0.427. The number of unbranched alkanes of at least 4 members (excludes halogenated alkanes) is 2. The minimum absolute atomic E-state index is 0.0276. The molecule has 0 amide bonds. The SMILES string of the molecule is CCCCCC(=O)c1ccc(N2C(OCc3ccc(C(=O)O)s3)CCS2(=O)=O)cc1. The van der Waals surface area contributed by atoms with Gasteiger partial charge in [0.25, 0.3) is 0 Å². The summed E-state index contributed by atoms with van der Waals surface area (Å²) in [7, 11) is -3.52. The van der Waals surface area contributed by atoms with Crippen molar-refractivity contribution >= 4 is 38.8 Å². The van der Waals surface area contributed by atoms with Gasteiger partial charge in [0.2, 0.25) is 10.0 Å². The first-order valence-electron chi connectivity index (χ1n) is 9.91. The van der Waals surface area contributed by atoms with E-state index in [0.717, 1.165) is 30.6 Å². The molecule has 2 aromatic rings. The first-order chi connectivity index (χ1) is 14.3. The third-order valence-electron chi connectivity index (χ3n) is 4.93. The molecule has 1 atom stereocenters. The van der Waals surface area contributed by atoms with Gasteiger partial charge in [-0.05, 0) is 42.8 Å². The monoisotopic (exact) mass is 451 g/mol. The van der Waals surface area contributed by atoms with Crippen molar-refractivity contribution in [3.8, 4) is 0 Å². The van der Waals surface area contributed by atoms with Crippen LogP contribution in [0.1, 0.15) is 63.9 Å². The number of anilines is 1. The van der Waals surface area contributed by atoms with Crippen LogP contribution in [0, 0.1) is 0 Å². The normalized spacial score (nSPS) is 17.9. The Labute approximate surface area is 180 Å². The Morgan fingerprint density at radius 3 is 2.53 bits per heavy atom. The highest BCUT2D eigenvalue weighted by Crippen LogP contribution is 2.31. The summed E-state index contributed by atoms with van der Waals surface area (Å²) in [5, 5.41) is 9.02. The van der Waals surface area contributed by atoms with Crippen LogP contribution in [0.15, 0.2) is 36.4 Å². The Kier molecular flexibility index (Phi) is 7.27. The summed E-state index contributed by atoms with van der Waals surface area (Å²) < 4.78 is 32.2. The van der Waals surface area contributed by atoms with Gasteiger partial charge in [-0.15, -0.1) is 11.3 Å². The van der Waals surface area contributed by atoms with Gasteiger partial charge in [0.05, 0.1) is 18.0 Å². The fourth-order valence-electron chi connectivity index (χ4n) is 3.35. The summed E-state index contributed by atoms with van der Waals surface area (Å²) in [6.45, 7) is 2.21. The van der Waals surface area contributed by atoms with Crippen LogP contribution in [0.3, 0.4) is 0 Å². The van der Waals surface area contributed by atoms with E-state index in [2.05, 4.69) is 6.92 Å². The Morgan fingerprint density at radius 2 is 1.90 bits per heavy atom. The number of aromatic carboxylic acids is 1. The number of thiophene rings is 1. The average Bonchev–Trinajstić information content (AvgIpc) is 3.30. The van der Waals surface area contributed by atoms with E-state index in [0.29, 0.717) is 29.0 Å². The van der Waals surface area contributed by atoms with Crippen LogP contribution in [-0.4, -0.2) is 37.3 Å². The minimum Gasteiger partial charge on any atom is -0.477 e. The summed E-state index contributed by atoms with van der Waals surface area (Å²) in [5.74, 6) is -0.972. The molecule has 3 rings (SSSR count). The number of hydrogen-bond acceptors (Lipinski definition) is 6. The molecule has 1 fully saturated rings. The number of nitrogens with zero attached hydrogens (tertiary/aromatic N) is 1. The van der Waals surface area contributed by atoms with E-state index in [1.165, 1.54) is 10.4 Å². The van der Waals surface area contributed by atoms with Gasteiger partial charge in [-0.1, -0.05) is 19.8 Å². The number of benzene rings is 1. The Bertz CT molecular complexity index is 997. The van der Waals surface area contributed by atoms with Gasteiger partial charge < -0.3 is 9.84 Å². The second-order valence-electron chi connectivity index (χ2n) is 7.16. The predicted molar refractivity (Wildman–Crippen MR) is 116 cm³/mol. The topological polar surface area (TPSA) is 101 Å². The summed E-state index contributed by atoms with van der Waals surface area (Å²) in [4.78, 5) is 24.2. The number of sulfonamides is 1. The van der Waals surface area contributed by atoms with Crippen molar-refractivity contribution in [1.29, 1.82) is 0 Å². The Hall–Kier alpha value is -2.23. The lowest BCUT2D eigenvalue weighted by molar-refractivity contribution is 0.0534. The maximum absolute atomic E-state index is 12.6. The van der Waals surface area contributed by atoms with Crippen LogP contribution >= 0.6 is 11.3 Å². The summed E-state index contributed by atoms with van der Waals surface area (Å²) in [6.07, 6.45) is 3.03. The number of rotatable bonds is 10. The van der Waals surface area contributed by atoms with Gasteiger partial charge >= 0.3 is 5.97 Å². The van der Waals surface area contributed by atoms with E-state index in [4.69, 9.17) is 9.84 Å². The number of carbonyl (C=O) groups is 2. The molecular formula is C21H25NO6S2. The van der Waals surface area contributed by atoms with Crippen LogP contribution in [-0.2, 0) is 21.4 Å². The molecule has 1 saturated heterocycles. The molecule has 0 radical (unpaired) electrons. The van der Waals surface area contributed by atoms with Crippen LogP contribution in [0.2, 0.25) is 0 Å². The van der Waals surface area contributed by atoms with E-state index in [9.17, 15) is 18.0 Å². The summed E-state index contributed by atoms with van der Waals surface area (Å²) in [5.41, 5.74) is 1.03. The van der Waals surface area contributed by atoms with Crippen molar-refractivity contribution in [3.63, 3.8) is 0 Å². The van der Waals surface area contributed by atoms with Crippen molar-refractivity contribution in [2.24, 2.45) is 0 Å². The zero-order valence-corrected chi connectivity index (χ0v) is 18.4. The van der Waals surface area contributed by atoms with E-state index in [1.807, 2.05) is 0 Å². The van der Waals surface area contributed by atoms with Crippen LogP contribution < -0.4 is 4.31 Å². The van der Waals surface area contributed by atoms with E-state index in [1.54, 1.807) is 30.3 Å². The third-order valence-corrected chi connectivity index (χ3v) is 7.77. The van der Waals surface area contributed by atoms with Crippen LogP contribution in [0.5, 0.6) is 0 Å². The second-order valence-corrected chi connectivity index (χ2v) is 10.3. The maximum Gasteiger partial charge on any atom is 0.345 e. The molecular weight excluding hydrogens is 426 g/mol. The lowest BCUT2D eigenvalue weighted by atomic mass is 10.0. The highest BCUT2D eigenvalue weighted by molar-refractivity contribution is 7.93. The number of hydrogen-bond donors (Lipinski definition) is 1. The fraction of sp³-hybridized carbons (Fsp3) is 0.429. The molecule has 30 heavy (non-hydrogen) atoms. The smallest absolute Gasteiger partial charge is 0.345 e. The maximum atomic E-state index is 12.6. The number of carboxylic acid groups (broad SMARTS) is 1. The highest BCUT2D eigenvalue weighted by Gasteiger charge is 2.38. The molecule has 2 heterocycles. The molecule has 1 N–H and O–H groups in total. The first kappa shape index (κ1) is 22.5. The molecule has 1 aliphatic rings. The number of carbonyl (C=O) groups excluding carboxylic acids is 1. The highest BCUT2D eigenvalue weighted by atomic mass is 32.2. The van der Waals surface area contributed by atoms with Crippen molar-refractivity contribution in [3.05, 3.63) is 51.7 Å². The lowest BCUT2D eigenvalue weighted by Gasteiger charge is -2.25. The zero-order valence-electron chi connectivity index (χ0n) is 16.7. The molecule has 9 heteroatoms. The minimum atomic E-state index is -3.52. The molecule has 1 aromatic carbocycles. The largest absolute Gasteiger partial charge is 0.477 e. The molecule has 7 nitrogen and oxygen atoms in total. The van der Waals surface area contributed by atoms with Gasteiger partial charge in [0, 0.05) is 23.3 Å².